The molecule has 0 saturated carbocycles. The number of unbranched alkanes of at least 4 members (excludes halogenated alkanes) is 2. The molecule has 7 nitrogen and oxygen atoms in total. The van der Waals surface area contributed by atoms with Gasteiger partial charge in [0.15, 0.2) is 0 Å². The van der Waals surface area contributed by atoms with Crippen LogP contribution in [0.5, 0.6) is 0 Å². The molecule has 4 N–H and O–H groups in total. The molecule has 0 aliphatic carbocycles. The minimum absolute atomic E-state index is 0.00857. The number of hydrogen-bond acceptors (Lipinski definition) is 6. The number of carbonyl (C=O) groups excluding carboxylic acids is 2. The number of allylic oxidation sites excluding steroid dienone is 3. The summed E-state index contributed by atoms with van der Waals surface area (Å²) >= 11 is 0. The Hall–Kier alpha value is -2.90. The highest BCUT2D eigenvalue weighted by molar-refractivity contribution is 5.75. The van der Waals surface area contributed by atoms with Gasteiger partial charge in [-0.25, -0.2) is 0 Å². The molecule has 0 saturated heterocycles. The van der Waals surface area contributed by atoms with Crippen LogP contribution in [0.4, 0.5) is 5.69 Å². The molecule has 258 valence electrons. The van der Waals surface area contributed by atoms with Crippen molar-refractivity contribution in [1.29, 1.82) is 0 Å². The molecule has 1 amide bonds. The summed E-state index contributed by atoms with van der Waals surface area (Å²) in [6, 6.07) is 6.43. The van der Waals surface area contributed by atoms with Gasteiger partial charge in [-0.1, -0.05) is 98.2 Å². The first kappa shape index (κ1) is 44.2. The van der Waals surface area contributed by atoms with Crippen molar-refractivity contribution in [2.75, 3.05) is 32.0 Å². The number of benzene rings is 1. The van der Waals surface area contributed by atoms with Gasteiger partial charge in [0.05, 0.1) is 12.2 Å². The lowest BCUT2D eigenvalue weighted by atomic mass is 9.87. The Balaban J connectivity index is 0. The fourth-order valence-corrected chi connectivity index (χ4v) is 4.50. The molecule has 0 radical (unpaired) electrons. The zero-order chi connectivity index (χ0) is 34.6. The van der Waals surface area contributed by atoms with Gasteiger partial charge in [0.2, 0.25) is 5.91 Å². The smallest absolute Gasteiger partial charge is 0.220 e. The van der Waals surface area contributed by atoms with Crippen LogP contribution >= 0.6 is 0 Å². The standard InChI is InChI=1S/C32H53N3O3.C4H10.C2H4O/c1-7-11-16-25(5)35(6)22-14-12-13-17-31(37)34-21-20-33-29-23-26(9-3)18-19-28(29)24-27(10-4)32(38)30(36)15-8-2;1-4(2)3;1-2-3/h7,11,16,18-19,23,27,30,32-33,36,38H,1,5,8-10,12-15,17,20-22,24H2,2-4,6H3,(H,34,37);4H,1-3H3;2H,1H3/b16-11-;;. The summed E-state index contributed by atoms with van der Waals surface area (Å²) in [7, 11) is 2.03. The number of aliphatic hydroxyl groups excluding tert-OH is 2. The Morgan fingerprint density at radius 2 is 1.71 bits per heavy atom. The van der Waals surface area contributed by atoms with Crippen molar-refractivity contribution in [3.05, 3.63) is 66.4 Å². The monoisotopic (exact) mass is 630 g/mol. The van der Waals surface area contributed by atoms with Crippen molar-refractivity contribution in [2.24, 2.45) is 11.8 Å². The fourth-order valence-electron chi connectivity index (χ4n) is 4.50. The second kappa shape index (κ2) is 28.6. The first-order valence-electron chi connectivity index (χ1n) is 17.0. The van der Waals surface area contributed by atoms with E-state index < -0.39 is 12.2 Å². The molecule has 0 spiro atoms. The first-order chi connectivity index (χ1) is 21.4. The summed E-state index contributed by atoms with van der Waals surface area (Å²) in [6.45, 7) is 24.0. The average molecular weight is 630 g/mol. The van der Waals surface area contributed by atoms with Crippen LogP contribution in [0.3, 0.4) is 0 Å². The summed E-state index contributed by atoms with van der Waals surface area (Å²) in [5.74, 6) is 0.908. The van der Waals surface area contributed by atoms with Gasteiger partial charge in [-0.15, -0.1) is 0 Å². The lowest BCUT2D eigenvalue weighted by Gasteiger charge is -2.27. The van der Waals surface area contributed by atoms with E-state index in [-0.39, 0.29) is 11.8 Å². The van der Waals surface area contributed by atoms with Crippen LogP contribution in [0.1, 0.15) is 105 Å². The molecule has 1 rings (SSSR count). The van der Waals surface area contributed by atoms with Gasteiger partial charge < -0.3 is 30.5 Å². The second-order valence-electron chi connectivity index (χ2n) is 12.1. The predicted molar refractivity (Wildman–Crippen MR) is 194 cm³/mol. The molecule has 0 fully saturated rings. The Kier molecular flexibility index (Phi) is 28.1. The van der Waals surface area contributed by atoms with Crippen LogP contribution in [-0.4, -0.2) is 66.2 Å². The highest BCUT2D eigenvalue weighted by Crippen LogP contribution is 2.26. The number of likely N-dealkylation sites (N-methyl/N-ethyl adjacent to an activating group) is 1. The average Bonchev–Trinajstić information content (AvgIpc) is 3.00. The lowest BCUT2D eigenvalue weighted by Crippen LogP contribution is -2.34. The molecule has 0 heterocycles. The maximum atomic E-state index is 12.3. The topological polar surface area (TPSA) is 102 Å². The number of aldehydes is 1. The van der Waals surface area contributed by atoms with E-state index >= 15 is 0 Å². The number of rotatable bonds is 21. The van der Waals surface area contributed by atoms with Gasteiger partial charge in [-0.2, -0.15) is 0 Å². The third-order valence-corrected chi connectivity index (χ3v) is 7.13. The van der Waals surface area contributed by atoms with Crippen LogP contribution in [0, 0.1) is 11.8 Å². The third kappa shape index (κ3) is 23.1. The number of nitrogens with zero attached hydrogens (tertiary/aromatic N) is 1. The summed E-state index contributed by atoms with van der Waals surface area (Å²) < 4.78 is 0. The van der Waals surface area contributed by atoms with Crippen LogP contribution in [0.25, 0.3) is 0 Å². The molecule has 3 unspecified atom stereocenters. The molecule has 0 aliphatic rings. The van der Waals surface area contributed by atoms with E-state index in [1.807, 2.05) is 26.1 Å². The molecule has 1 aromatic carbocycles. The minimum Gasteiger partial charge on any atom is -0.390 e. The Morgan fingerprint density at radius 1 is 1.07 bits per heavy atom. The summed E-state index contributed by atoms with van der Waals surface area (Å²) in [4.78, 5) is 23.2. The molecule has 1 aromatic rings. The second-order valence-corrected chi connectivity index (χ2v) is 12.1. The Labute approximate surface area is 276 Å². The highest BCUT2D eigenvalue weighted by Gasteiger charge is 2.25. The van der Waals surface area contributed by atoms with Crippen LogP contribution in [0.2, 0.25) is 0 Å². The van der Waals surface area contributed by atoms with E-state index in [4.69, 9.17) is 4.79 Å². The van der Waals surface area contributed by atoms with Crippen molar-refractivity contribution in [3.8, 4) is 0 Å². The van der Waals surface area contributed by atoms with Gasteiger partial charge in [0, 0.05) is 44.5 Å². The van der Waals surface area contributed by atoms with E-state index in [1.165, 1.54) is 12.5 Å². The van der Waals surface area contributed by atoms with E-state index in [9.17, 15) is 15.0 Å². The quantitative estimate of drug-likeness (QED) is 0.0639. The van der Waals surface area contributed by atoms with Gasteiger partial charge in [0.25, 0.3) is 0 Å². The number of carbonyl (C=O) groups is 2. The summed E-state index contributed by atoms with van der Waals surface area (Å²) in [6.07, 6.45) is 12.2. The molecule has 45 heavy (non-hydrogen) atoms. The van der Waals surface area contributed by atoms with E-state index in [2.05, 4.69) is 81.5 Å². The number of amides is 1. The van der Waals surface area contributed by atoms with E-state index in [1.54, 1.807) is 6.08 Å². The number of aryl methyl sites for hydroxylation is 1. The largest absolute Gasteiger partial charge is 0.390 e. The third-order valence-electron chi connectivity index (χ3n) is 7.13. The van der Waals surface area contributed by atoms with Crippen LogP contribution in [0.15, 0.2) is 55.3 Å². The van der Waals surface area contributed by atoms with Gasteiger partial charge in [0.1, 0.15) is 6.29 Å². The predicted octanol–water partition coefficient (Wildman–Crippen LogP) is 7.48. The van der Waals surface area contributed by atoms with Crippen molar-refractivity contribution < 1.29 is 19.8 Å². The normalized spacial score (nSPS) is 12.6. The minimum atomic E-state index is -0.730. The Bertz CT molecular complexity index is 958. The molecule has 3 atom stereocenters. The zero-order valence-electron chi connectivity index (χ0n) is 29.9. The maximum Gasteiger partial charge on any atom is 0.220 e. The first-order valence-corrected chi connectivity index (χ1v) is 17.0. The van der Waals surface area contributed by atoms with Gasteiger partial charge in [-0.05, 0) is 74.1 Å². The lowest BCUT2D eigenvalue weighted by molar-refractivity contribution is -0.121. The van der Waals surface area contributed by atoms with E-state index in [0.29, 0.717) is 32.4 Å². The molecule has 7 heteroatoms. The van der Waals surface area contributed by atoms with Crippen molar-refractivity contribution in [1.82, 2.24) is 10.2 Å². The zero-order valence-corrected chi connectivity index (χ0v) is 29.9. The van der Waals surface area contributed by atoms with Gasteiger partial charge >= 0.3 is 0 Å². The van der Waals surface area contributed by atoms with E-state index in [0.717, 1.165) is 74.2 Å². The van der Waals surface area contributed by atoms with Crippen molar-refractivity contribution in [2.45, 2.75) is 118 Å². The summed E-state index contributed by atoms with van der Waals surface area (Å²) in [5.41, 5.74) is 4.38. The SMILES string of the molecule is C=C/C=C\C(=C)N(C)CCCCCC(=O)NCCNc1cc(CC)ccc1CC(CC)C(O)C(O)CCC.CC(C)C.CC=O. The number of nitrogens with one attached hydrogen (secondary N) is 2. The number of hydrogen-bond donors (Lipinski definition) is 4. The molecule has 0 aromatic heterocycles. The van der Waals surface area contributed by atoms with Crippen molar-refractivity contribution >= 4 is 17.9 Å². The maximum absolute atomic E-state index is 12.3. The molecular formula is C38H67N3O4. The van der Waals surface area contributed by atoms with Crippen molar-refractivity contribution in [3.63, 3.8) is 0 Å². The number of aliphatic hydroxyl groups is 2. The fraction of sp³-hybridized carbons (Fsp3) is 0.632. The molecule has 0 bridgehead atoms. The summed E-state index contributed by atoms with van der Waals surface area (Å²) in [5, 5.41) is 27.5. The Morgan fingerprint density at radius 3 is 2.27 bits per heavy atom. The van der Waals surface area contributed by atoms with Crippen LogP contribution in [-0.2, 0) is 22.4 Å². The molecule has 0 aliphatic heterocycles. The van der Waals surface area contributed by atoms with Crippen LogP contribution < -0.4 is 10.6 Å². The van der Waals surface area contributed by atoms with Gasteiger partial charge in [-0.3, -0.25) is 4.79 Å². The highest BCUT2D eigenvalue weighted by atomic mass is 16.3. The molecular weight excluding hydrogens is 562 g/mol. The number of anilines is 1.